The van der Waals surface area contributed by atoms with Crippen molar-refractivity contribution in [3.05, 3.63) is 34.4 Å². The SMILES string of the molecule is Cc1cc(C)c(CC(=O)C2(C(=O)O)CCC(C)CC2)c(C)c1. The van der Waals surface area contributed by atoms with E-state index in [9.17, 15) is 14.7 Å². The fraction of sp³-hybridized carbons (Fsp3) is 0.579. The van der Waals surface area contributed by atoms with Crippen LogP contribution in [0.25, 0.3) is 0 Å². The van der Waals surface area contributed by atoms with Gasteiger partial charge in [0.25, 0.3) is 0 Å². The van der Waals surface area contributed by atoms with Crippen molar-refractivity contribution in [2.45, 2.75) is 59.8 Å². The van der Waals surface area contributed by atoms with Gasteiger partial charge in [0.1, 0.15) is 5.41 Å². The maximum Gasteiger partial charge on any atom is 0.317 e. The number of ketones is 1. The number of Topliss-reactive ketones (excluding diaryl/α,β-unsaturated/α-hetero) is 1. The van der Waals surface area contributed by atoms with E-state index in [-0.39, 0.29) is 12.2 Å². The van der Waals surface area contributed by atoms with E-state index in [1.807, 2.05) is 20.8 Å². The molecule has 0 aliphatic heterocycles. The lowest BCUT2D eigenvalue weighted by Gasteiger charge is -2.34. The molecule has 1 fully saturated rings. The van der Waals surface area contributed by atoms with Crippen LogP contribution >= 0.6 is 0 Å². The summed E-state index contributed by atoms with van der Waals surface area (Å²) in [6, 6.07) is 4.12. The van der Waals surface area contributed by atoms with Crippen LogP contribution in [-0.2, 0) is 16.0 Å². The first kappa shape index (κ1) is 16.7. The molecule has 3 heteroatoms. The molecule has 0 bridgehead atoms. The number of benzene rings is 1. The highest BCUT2D eigenvalue weighted by Crippen LogP contribution is 2.41. The summed E-state index contributed by atoms with van der Waals surface area (Å²) >= 11 is 0. The fourth-order valence-electron chi connectivity index (χ4n) is 3.69. The van der Waals surface area contributed by atoms with Crippen molar-refractivity contribution >= 4 is 11.8 Å². The quantitative estimate of drug-likeness (QED) is 0.855. The van der Waals surface area contributed by atoms with Crippen LogP contribution in [-0.4, -0.2) is 16.9 Å². The molecule has 120 valence electrons. The van der Waals surface area contributed by atoms with E-state index in [0.717, 1.165) is 29.5 Å². The third-order valence-corrected chi connectivity index (χ3v) is 5.25. The molecule has 0 spiro atoms. The van der Waals surface area contributed by atoms with Gasteiger partial charge in [-0.25, -0.2) is 0 Å². The van der Waals surface area contributed by atoms with Gasteiger partial charge >= 0.3 is 5.97 Å². The predicted octanol–water partition coefficient (Wildman–Crippen LogP) is 4.00. The molecule has 1 aromatic rings. The largest absolute Gasteiger partial charge is 0.480 e. The molecule has 3 nitrogen and oxygen atoms in total. The second-order valence-electron chi connectivity index (χ2n) is 7.05. The van der Waals surface area contributed by atoms with Crippen molar-refractivity contribution in [2.24, 2.45) is 11.3 Å². The summed E-state index contributed by atoms with van der Waals surface area (Å²) < 4.78 is 0. The summed E-state index contributed by atoms with van der Waals surface area (Å²) in [7, 11) is 0. The minimum absolute atomic E-state index is 0.123. The molecule has 1 aliphatic carbocycles. The van der Waals surface area contributed by atoms with E-state index >= 15 is 0 Å². The standard InChI is InChI=1S/C19H26O3/c1-12-5-7-19(8-6-12,18(21)22)17(20)11-16-14(3)9-13(2)10-15(16)4/h9-10,12H,5-8,11H2,1-4H3,(H,21,22). The minimum atomic E-state index is -1.17. The summed E-state index contributed by atoms with van der Waals surface area (Å²) in [5.74, 6) is -0.545. The Hall–Kier alpha value is -1.64. The summed E-state index contributed by atoms with van der Waals surface area (Å²) in [6.45, 7) is 8.16. The Morgan fingerprint density at radius 1 is 1.14 bits per heavy atom. The Balaban J connectivity index is 2.29. The lowest BCUT2D eigenvalue weighted by Crippen LogP contribution is -2.43. The molecule has 0 heterocycles. The molecule has 1 aromatic carbocycles. The zero-order valence-electron chi connectivity index (χ0n) is 14.0. The van der Waals surface area contributed by atoms with Crippen molar-refractivity contribution in [1.29, 1.82) is 0 Å². The lowest BCUT2D eigenvalue weighted by molar-refractivity contribution is -0.157. The number of carboxylic acid groups (broad SMARTS) is 1. The molecule has 1 N–H and O–H groups in total. The third-order valence-electron chi connectivity index (χ3n) is 5.25. The number of hydrogen-bond acceptors (Lipinski definition) is 2. The molecular weight excluding hydrogens is 276 g/mol. The van der Waals surface area contributed by atoms with Crippen LogP contribution in [0.4, 0.5) is 0 Å². The molecule has 2 rings (SSSR count). The van der Waals surface area contributed by atoms with Crippen LogP contribution < -0.4 is 0 Å². The third kappa shape index (κ3) is 3.08. The van der Waals surface area contributed by atoms with E-state index in [1.165, 1.54) is 5.56 Å². The predicted molar refractivity (Wildman–Crippen MR) is 87.1 cm³/mol. The normalized spacial score (nSPS) is 25.0. The molecule has 1 saturated carbocycles. The van der Waals surface area contributed by atoms with Gasteiger partial charge in [-0.2, -0.15) is 0 Å². The topological polar surface area (TPSA) is 54.4 Å². The van der Waals surface area contributed by atoms with Crippen LogP contribution in [0, 0.1) is 32.1 Å². The number of carbonyl (C=O) groups is 2. The van der Waals surface area contributed by atoms with E-state index < -0.39 is 11.4 Å². The van der Waals surface area contributed by atoms with Crippen molar-refractivity contribution in [2.75, 3.05) is 0 Å². The summed E-state index contributed by atoms with van der Waals surface area (Å²) in [6.07, 6.45) is 2.84. The van der Waals surface area contributed by atoms with Crippen LogP contribution in [0.15, 0.2) is 12.1 Å². The highest BCUT2D eigenvalue weighted by atomic mass is 16.4. The Kier molecular flexibility index (Phi) is 4.74. The van der Waals surface area contributed by atoms with Crippen molar-refractivity contribution in [3.8, 4) is 0 Å². The van der Waals surface area contributed by atoms with Gasteiger partial charge in [0, 0.05) is 6.42 Å². The number of hydrogen-bond donors (Lipinski definition) is 1. The van der Waals surface area contributed by atoms with E-state index in [4.69, 9.17) is 0 Å². The van der Waals surface area contributed by atoms with Crippen molar-refractivity contribution < 1.29 is 14.7 Å². The molecule has 0 aromatic heterocycles. The maximum absolute atomic E-state index is 12.8. The highest BCUT2D eigenvalue weighted by Gasteiger charge is 2.47. The Bertz CT molecular complexity index is 570. The first-order valence-corrected chi connectivity index (χ1v) is 8.09. The van der Waals surface area contributed by atoms with Crippen LogP contribution in [0.3, 0.4) is 0 Å². The van der Waals surface area contributed by atoms with Crippen LogP contribution in [0.2, 0.25) is 0 Å². The zero-order chi connectivity index (χ0) is 16.5. The van der Waals surface area contributed by atoms with Crippen LogP contribution in [0.5, 0.6) is 0 Å². The molecule has 0 saturated heterocycles. The number of rotatable bonds is 4. The van der Waals surface area contributed by atoms with E-state index in [0.29, 0.717) is 18.8 Å². The average molecular weight is 302 g/mol. The molecule has 0 unspecified atom stereocenters. The van der Waals surface area contributed by atoms with Gasteiger partial charge < -0.3 is 5.11 Å². The van der Waals surface area contributed by atoms with Crippen molar-refractivity contribution in [3.63, 3.8) is 0 Å². The van der Waals surface area contributed by atoms with Crippen LogP contribution in [0.1, 0.15) is 54.9 Å². The summed E-state index contributed by atoms with van der Waals surface area (Å²) in [4.78, 5) is 24.7. The van der Waals surface area contributed by atoms with Gasteiger partial charge in [-0.3, -0.25) is 9.59 Å². The van der Waals surface area contributed by atoms with E-state index in [1.54, 1.807) is 0 Å². The number of aryl methyl sites for hydroxylation is 3. The van der Waals surface area contributed by atoms with Gasteiger partial charge in [-0.15, -0.1) is 0 Å². The summed E-state index contributed by atoms with van der Waals surface area (Å²) in [5.41, 5.74) is 3.16. The zero-order valence-corrected chi connectivity index (χ0v) is 14.0. The average Bonchev–Trinajstić information content (AvgIpc) is 2.43. The Morgan fingerprint density at radius 2 is 1.64 bits per heavy atom. The monoisotopic (exact) mass is 302 g/mol. The van der Waals surface area contributed by atoms with Crippen molar-refractivity contribution in [1.82, 2.24) is 0 Å². The molecule has 0 radical (unpaired) electrons. The number of aliphatic carboxylic acids is 1. The smallest absolute Gasteiger partial charge is 0.317 e. The number of carboxylic acids is 1. The second-order valence-corrected chi connectivity index (χ2v) is 7.05. The van der Waals surface area contributed by atoms with Gasteiger partial charge in [0.05, 0.1) is 0 Å². The molecule has 0 atom stereocenters. The lowest BCUT2D eigenvalue weighted by atomic mass is 9.67. The first-order valence-electron chi connectivity index (χ1n) is 8.09. The van der Waals surface area contributed by atoms with Gasteiger partial charge in [0.15, 0.2) is 5.78 Å². The second kappa shape index (κ2) is 6.23. The molecule has 1 aliphatic rings. The maximum atomic E-state index is 12.8. The molecular formula is C19H26O3. The number of carbonyl (C=O) groups excluding carboxylic acids is 1. The first-order chi connectivity index (χ1) is 10.3. The van der Waals surface area contributed by atoms with Gasteiger partial charge in [-0.1, -0.05) is 24.6 Å². The molecule has 0 amide bonds. The fourth-order valence-corrected chi connectivity index (χ4v) is 3.69. The summed E-state index contributed by atoms with van der Waals surface area (Å²) in [5, 5.41) is 9.69. The van der Waals surface area contributed by atoms with Gasteiger partial charge in [0.2, 0.25) is 0 Å². The van der Waals surface area contributed by atoms with E-state index in [2.05, 4.69) is 19.1 Å². The Morgan fingerprint density at radius 3 is 2.09 bits per heavy atom. The minimum Gasteiger partial charge on any atom is -0.480 e. The Labute approximate surface area is 132 Å². The highest BCUT2D eigenvalue weighted by molar-refractivity contribution is 6.04. The molecule has 22 heavy (non-hydrogen) atoms. The van der Waals surface area contributed by atoms with Gasteiger partial charge in [-0.05, 0) is 69.1 Å².